The Hall–Kier alpha value is -3.01. The molecule has 1 atom stereocenters. The summed E-state index contributed by atoms with van der Waals surface area (Å²) in [6, 6.07) is 13.4. The molecule has 30 heavy (non-hydrogen) atoms. The van der Waals surface area contributed by atoms with Crippen LogP contribution in [0.2, 0.25) is 0 Å². The van der Waals surface area contributed by atoms with E-state index in [1.54, 1.807) is 48.5 Å². The van der Waals surface area contributed by atoms with Gasteiger partial charge in [-0.25, -0.2) is 0 Å². The first-order valence-corrected chi connectivity index (χ1v) is 10.6. The molecule has 0 saturated heterocycles. The van der Waals surface area contributed by atoms with Crippen LogP contribution in [0.1, 0.15) is 11.1 Å². The first kappa shape index (κ1) is 20.3. The van der Waals surface area contributed by atoms with E-state index in [0.29, 0.717) is 22.6 Å². The van der Waals surface area contributed by atoms with Crippen molar-refractivity contribution in [1.29, 1.82) is 0 Å². The van der Waals surface area contributed by atoms with E-state index in [-0.39, 0.29) is 6.79 Å². The highest BCUT2D eigenvalue weighted by Gasteiger charge is 2.51. The molecule has 4 rings (SSSR count). The molecule has 0 bridgehead atoms. The SMILES string of the molecule is BC(B)(c1ccccc1)S(=O)(=O)OC1=C(N)O[C@@](B)(c2ccc3c(c2)OCO3)C1=O. The van der Waals surface area contributed by atoms with Gasteiger partial charge in [-0.2, -0.15) is 8.42 Å². The highest BCUT2D eigenvalue weighted by atomic mass is 32.2. The number of benzene rings is 2. The van der Waals surface area contributed by atoms with E-state index in [0.717, 1.165) is 0 Å². The van der Waals surface area contributed by atoms with Crippen molar-refractivity contribution >= 4 is 39.4 Å². The van der Waals surface area contributed by atoms with E-state index in [2.05, 4.69) is 0 Å². The van der Waals surface area contributed by atoms with Gasteiger partial charge in [0.05, 0.1) is 4.55 Å². The third-order valence-electron chi connectivity index (χ3n) is 5.39. The first-order chi connectivity index (χ1) is 14.1. The molecule has 2 heterocycles. The summed E-state index contributed by atoms with van der Waals surface area (Å²) in [5, 5.41) is 0. The molecule has 0 unspecified atom stereocenters. The molecule has 0 amide bonds. The van der Waals surface area contributed by atoms with Crippen LogP contribution >= 0.6 is 0 Å². The minimum Gasteiger partial charge on any atom is -0.467 e. The van der Waals surface area contributed by atoms with Gasteiger partial charge < -0.3 is 24.1 Å². The summed E-state index contributed by atoms with van der Waals surface area (Å²) >= 11 is 0. The Morgan fingerprint density at radius 3 is 2.43 bits per heavy atom. The van der Waals surface area contributed by atoms with Gasteiger partial charge in [0.25, 0.3) is 0 Å². The van der Waals surface area contributed by atoms with Gasteiger partial charge >= 0.3 is 10.1 Å². The second-order valence-corrected chi connectivity index (χ2v) is 9.74. The van der Waals surface area contributed by atoms with Crippen LogP contribution in [0.4, 0.5) is 0 Å². The van der Waals surface area contributed by atoms with E-state index in [4.69, 9.17) is 24.1 Å². The summed E-state index contributed by atoms with van der Waals surface area (Å²) in [5.74, 6) is -0.647. The number of fused-ring (bicyclic) bond motifs is 1. The van der Waals surface area contributed by atoms with Crippen LogP contribution in [0.3, 0.4) is 0 Å². The molecule has 2 aromatic carbocycles. The summed E-state index contributed by atoms with van der Waals surface area (Å²) in [4.78, 5) is 13.2. The first-order valence-electron chi connectivity index (χ1n) is 9.19. The number of rotatable bonds is 5. The van der Waals surface area contributed by atoms with Crippen LogP contribution < -0.4 is 15.2 Å². The molecule has 0 radical (unpaired) electrons. The topological polar surface area (TPSA) is 114 Å². The third kappa shape index (κ3) is 3.02. The predicted molar refractivity (Wildman–Crippen MR) is 115 cm³/mol. The normalized spacial score (nSPS) is 20.9. The van der Waals surface area contributed by atoms with E-state index < -0.39 is 37.6 Å². The Kier molecular flexibility index (Phi) is 4.57. The molecule has 12 heteroatoms. The van der Waals surface area contributed by atoms with Crippen LogP contribution in [0.25, 0.3) is 0 Å². The molecule has 0 fully saturated rings. The minimum absolute atomic E-state index is 0.0753. The zero-order valence-electron chi connectivity index (χ0n) is 16.7. The molecule has 0 aromatic heterocycles. The second-order valence-electron chi connectivity index (χ2n) is 7.64. The third-order valence-corrected chi connectivity index (χ3v) is 7.26. The number of Topliss-reactive ketones (excluding diaryl/α,β-unsaturated/α-hetero) is 1. The van der Waals surface area contributed by atoms with Crippen molar-refractivity contribution in [2.45, 2.75) is 10.0 Å². The number of nitrogens with two attached hydrogens (primary N) is 1. The maximum Gasteiger partial charge on any atom is 0.304 e. The Labute approximate surface area is 176 Å². The lowest BCUT2D eigenvalue weighted by atomic mass is 9.65. The maximum absolute atomic E-state index is 13.2. The molecule has 0 saturated carbocycles. The van der Waals surface area contributed by atoms with Gasteiger partial charge in [-0.1, -0.05) is 36.4 Å². The molecule has 2 aromatic rings. The molecule has 0 aliphatic carbocycles. The molecule has 2 aliphatic rings. The van der Waals surface area contributed by atoms with Crippen LogP contribution in [0, 0.1) is 0 Å². The second kappa shape index (κ2) is 6.77. The smallest absolute Gasteiger partial charge is 0.304 e. The number of ketones is 1. The molecular weight excluding hydrogens is 407 g/mol. The number of ether oxygens (including phenoxy) is 3. The van der Waals surface area contributed by atoms with Crippen LogP contribution in [0.15, 0.2) is 60.2 Å². The number of carbonyl (C=O) groups is 1. The fourth-order valence-electron chi connectivity index (χ4n) is 3.30. The lowest BCUT2D eigenvalue weighted by molar-refractivity contribution is -0.126. The zero-order valence-corrected chi connectivity index (χ0v) is 17.5. The lowest BCUT2D eigenvalue weighted by Crippen LogP contribution is -2.40. The van der Waals surface area contributed by atoms with Crippen molar-refractivity contribution in [2.75, 3.05) is 6.79 Å². The number of hydrogen-bond acceptors (Lipinski definition) is 8. The summed E-state index contributed by atoms with van der Waals surface area (Å²) in [5.41, 5.74) is 5.25. The predicted octanol–water partition coefficient (Wildman–Crippen LogP) is -1.65. The highest BCUT2D eigenvalue weighted by Crippen LogP contribution is 2.41. The molecule has 0 spiro atoms. The van der Waals surface area contributed by atoms with Gasteiger partial charge in [-0.3, -0.25) is 4.79 Å². The molecule has 8 nitrogen and oxygen atoms in total. The minimum atomic E-state index is -4.29. The molecule has 2 aliphatic heterocycles. The van der Waals surface area contributed by atoms with Crippen molar-refractivity contribution in [3.8, 4) is 11.5 Å². The Balaban J connectivity index is 1.64. The quantitative estimate of drug-likeness (QED) is 0.448. The zero-order chi connectivity index (χ0) is 21.7. The van der Waals surface area contributed by atoms with Crippen molar-refractivity contribution in [1.82, 2.24) is 0 Å². The Morgan fingerprint density at radius 1 is 1.07 bits per heavy atom. The van der Waals surface area contributed by atoms with E-state index in [1.807, 2.05) is 0 Å². The lowest BCUT2D eigenvalue weighted by Gasteiger charge is -2.26. The van der Waals surface area contributed by atoms with Gasteiger partial charge in [-0.15, -0.1) is 0 Å². The van der Waals surface area contributed by atoms with Crippen molar-refractivity contribution < 1.29 is 31.6 Å². The van der Waals surface area contributed by atoms with E-state index in [9.17, 15) is 13.2 Å². The fraction of sp³-hybridized carbons (Fsp3) is 0.167. The van der Waals surface area contributed by atoms with Gasteiger partial charge in [0.1, 0.15) is 15.7 Å². The van der Waals surface area contributed by atoms with Gasteiger partial charge in [0, 0.05) is 0 Å². The van der Waals surface area contributed by atoms with Crippen LogP contribution in [-0.4, -0.2) is 44.5 Å². The van der Waals surface area contributed by atoms with Crippen molar-refractivity contribution in [3.63, 3.8) is 0 Å². The number of hydrogen-bond donors (Lipinski definition) is 1. The van der Waals surface area contributed by atoms with E-state index >= 15 is 0 Å². The summed E-state index contributed by atoms with van der Waals surface area (Å²) < 4.78 is 46.1. The summed E-state index contributed by atoms with van der Waals surface area (Å²) in [6.07, 6.45) is 0. The molecular formula is C18H18B3NO7S. The molecule has 2 N–H and O–H groups in total. The van der Waals surface area contributed by atoms with Crippen LogP contribution in [0.5, 0.6) is 11.5 Å². The fourth-order valence-corrected chi connectivity index (χ4v) is 4.31. The maximum atomic E-state index is 13.2. The van der Waals surface area contributed by atoms with Gasteiger partial charge in [-0.05, 0) is 23.3 Å². The van der Waals surface area contributed by atoms with E-state index in [1.165, 1.54) is 23.5 Å². The average Bonchev–Trinajstić information content (AvgIpc) is 3.27. The Morgan fingerprint density at radius 2 is 1.73 bits per heavy atom. The molecule has 152 valence electrons. The summed E-state index contributed by atoms with van der Waals surface area (Å²) in [6.45, 7) is 0.0753. The number of carbonyl (C=O) groups excluding carboxylic acids is 1. The highest BCUT2D eigenvalue weighted by molar-refractivity contribution is 7.90. The monoisotopic (exact) mass is 425 g/mol. The van der Waals surface area contributed by atoms with Crippen molar-refractivity contribution in [2.24, 2.45) is 5.73 Å². The standard InChI is InChI=1S/C18H18B3NO7S/c19-17(11-6-7-12-13(8-11)27-9-26-12)15(23)14(16(22)28-17)29-30(24,25)18(20,21)10-4-2-1-3-5-10/h1-8H,9,19-22H2/t17-/m0/s1. The summed E-state index contributed by atoms with van der Waals surface area (Å²) in [7, 11) is 0.187. The van der Waals surface area contributed by atoms with Crippen LogP contribution in [-0.2, 0) is 33.9 Å². The Bertz CT molecular complexity index is 1170. The largest absolute Gasteiger partial charge is 0.467 e. The van der Waals surface area contributed by atoms with Gasteiger partial charge in [0.2, 0.25) is 24.2 Å². The van der Waals surface area contributed by atoms with Crippen molar-refractivity contribution in [3.05, 3.63) is 71.3 Å². The van der Waals surface area contributed by atoms with Gasteiger partial charge in [0.15, 0.2) is 24.8 Å². The average molecular weight is 425 g/mol.